The fourth-order valence-electron chi connectivity index (χ4n) is 2.37. The zero-order chi connectivity index (χ0) is 14.1. The number of thioether (sulfide) groups is 1. The molecular weight excluding hydrogens is 354 g/mol. The maximum Gasteiger partial charge on any atom is 0.0500 e. The molecule has 1 atom stereocenters. The van der Waals surface area contributed by atoms with E-state index in [9.17, 15) is 0 Å². The van der Waals surface area contributed by atoms with Gasteiger partial charge in [-0.05, 0) is 58.6 Å². The molecule has 1 aliphatic heterocycles. The first-order valence-corrected chi connectivity index (χ1v) is 8.62. The van der Waals surface area contributed by atoms with Gasteiger partial charge in [0.05, 0.1) is 0 Å². The monoisotopic (exact) mass is 367 g/mol. The topological polar surface area (TPSA) is 12.0 Å². The normalized spacial score (nSPS) is 17.1. The van der Waals surface area contributed by atoms with E-state index in [1.807, 2.05) is 24.8 Å². The molecule has 0 saturated heterocycles. The Morgan fingerprint density at radius 3 is 2.95 bits per heavy atom. The van der Waals surface area contributed by atoms with Crippen LogP contribution in [-0.4, -0.2) is 11.8 Å². The van der Waals surface area contributed by atoms with Gasteiger partial charge in [0.15, 0.2) is 0 Å². The number of fused-ring (bicyclic) bond motifs is 1. The molecule has 1 N–H and O–H groups in total. The highest BCUT2D eigenvalue weighted by Gasteiger charge is 2.21. The number of aryl methyl sites for hydroxylation is 1. The summed E-state index contributed by atoms with van der Waals surface area (Å²) in [6.45, 7) is 2.96. The van der Waals surface area contributed by atoms with E-state index in [1.165, 1.54) is 10.5 Å². The Hall–Kier alpha value is -0.640. The average molecular weight is 369 g/mol. The second kappa shape index (κ2) is 6.00. The van der Waals surface area contributed by atoms with Crippen LogP contribution in [0, 0.1) is 6.92 Å². The van der Waals surface area contributed by atoms with Crippen LogP contribution in [0.2, 0.25) is 5.02 Å². The second-order valence-electron chi connectivity index (χ2n) is 5.01. The number of rotatable bonds is 3. The minimum atomic E-state index is 0.583. The van der Waals surface area contributed by atoms with Gasteiger partial charge in [-0.1, -0.05) is 29.8 Å². The zero-order valence-corrected chi connectivity index (χ0v) is 14.3. The standard InChI is InChI=1S/C16H15BrClNS/c1-10-6-13(17)15(8-14(10)18)19-9-12-7-11-4-2-3-5-16(11)20-12/h2-6,8,12,19H,7,9H2,1H3. The Kier molecular flexibility index (Phi) is 4.29. The van der Waals surface area contributed by atoms with E-state index in [4.69, 9.17) is 11.6 Å². The van der Waals surface area contributed by atoms with Crippen molar-refractivity contribution in [3.63, 3.8) is 0 Å². The van der Waals surface area contributed by atoms with Gasteiger partial charge in [0, 0.05) is 31.9 Å². The molecule has 1 heterocycles. The molecule has 1 unspecified atom stereocenters. The zero-order valence-electron chi connectivity index (χ0n) is 11.1. The first kappa shape index (κ1) is 14.3. The molecule has 0 fully saturated rings. The molecule has 0 aromatic heterocycles. The summed E-state index contributed by atoms with van der Waals surface area (Å²) in [5.41, 5.74) is 3.62. The molecule has 0 amide bonds. The number of halogens is 2. The third-order valence-electron chi connectivity index (χ3n) is 3.48. The third-order valence-corrected chi connectivity index (χ3v) is 5.86. The number of benzene rings is 2. The van der Waals surface area contributed by atoms with Crippen molar-refractivity contribution >= 4 is 45.0 Å². The van der Waals surface area contributed by atoms with E-state index in [1.54, 1.807) is 0 Å². The predicted octanol–water partition coefficient (Wildman–Crippen LogP) is 5.54. The average Bonchev–Trinajstić information content (AvgIpc) is 2.84. The summed E-state index contributed by atoms with van der Waals surface area (Å²) < 4.78 is 1.07. The molecule has 104 valence electrons. The Bertz CT molecular complexity index is 619. The van der Waals surface area contributed by atoms with Gasteiger partial charge in [-0.3, -0.25) is 0 Å². The van der Waals surface area contributed by atoms with Crippen LogP contribution in [0.3, 0.4) is 0 Å². The van der Waals surface area contributed by atoms with Crippen molar-refractivity contribution in [2.75, 3.05) is 11.9 Å². The Balaban J connectivity index is 1.66. The van der Waals surface area contributed by atoms with E-state index >= 15 is 0 Å². The summed E-state index contributed by atoms with van der Waals surface area (Å²) in [5, 5.41) is 4.89. The molecular formula is C16H15BrClNS. The highest BCUT2D eigenvalue weighted by atomic mass is 79.9. The van der Waals surface area contributed by atoms with Crippen molar-refractivity contribution < 1.29 is 0 Å². The second-order valence-corrected chi connectivity index (χ2v) is 7.62. The Labute approximate surface area is 137 Å². The summed E-state index contributed by atoms with van der Waals surface area (Å²) in [6, 6.07) is 12.7. The van der Waals surface area contributed by atoms with Crippen LogP contribution in [0.25, 0.3) is 0 Å². The predicted molar refractivity (Wildman–Crippen MR) is 92.2 cm³/mol. The molecule has 0 saturated carbocycles. The van der Waals surface area contributed by atoms with Crippen molar-refractivity contribution in [2.45, 2.75) is 23.5 Å². The van der Waals surface area contributed by atoms with Crippen molar-refractivity contribution in [1.29, 1.82) is 0 Å². The number of hydrogen-bond acceptors (Lipinski definition) is 2. The molecule has 0 radical (unpaired) electrons. The summed E-state index contributed by atoms with van der Waals surface area (Å²) in [4.78, 5) is 1.42. The molecule has 2 aromatic rings. The lowest BCUT2D eigenvalue weighted by atomic mass is 10.1. The quantitative estimate of drug-likeness (QED) is 0.763. The van der Waals surface area contributed by atoms with Gasteiger partial charge in [-0.2, -0.15) is 0 Å². The fraction of sp³-hybridized carbons (Fsp3) is 0.250. The van der Waals surface area contributed by atoms with Crippen molar-refractivity contribution in [1.82, 2.24) is 0 Å². The number of anilines is 1. The van der Waals surface area contributed by atoms with Crippen LogP contribution < -0.4 is 5.32 Å². The van der Waals surface area contributed by atoms with Crippen molar-refractivity contribution in [3.05, 3.63) is 57.0 Å². The number of hydrogen-bond donors (Lipinski definition) is 1. The highest BCUT2D eigenvalue weighted by Crippen LogP contribution is 2.37. The molecule has 2 aromatic carbocycles. The third kappa shape index (κ3) is 3.00. The van der Waals surface area contributed by atoms with E-state index in [2.05, 4.69) is 51.6 Å². The van der Waals surface area contributed by atoms with E-state index in [0.29, 0.717) is 5.25 Å². The van der Waals surface area contributed by atoms with Gasteiger partial charge in [0.2, 0.25) is 0 Å². The molecule has 1 aliphatic rings. The maximum atomic E-state index is 6.19. The van der Waals surface area contributed by atoms with Gasteiger partial charge >= 0.3 is 0 Å². The molecule has 20 heavy (non-hydrogen) atoms. The Morgan fingerprint density at radius 1 is 1.35 bits per heavy atom. The summed E-state index contributed by atoms with van der Waals surface area (Å²) >= 11 is 11.7. The van der Waals surface area contributed by atoms with Gasteiger partial charge in [0.25, 0.3) is 0 Å². The van der Waals surface area contributed by atoms with E-state index in [0.717, 1.165) is 33.7 Å². The van der Waals surface area contributed by atoms with Crippen LogP contribution in [0.4, 0.5) is 5.69 Å². The molecule has 0 spiro atoms. The fourth-order valence-corrected chi connectivity index (χ4v) is 4.38. The minimum absolute atomic E-state index is 0.583. The first-order valence-electron chi connectivity index (χ1n) is 6.57. The molecule has 0 aliphatic carbocycles. The van der Waals surface area contributed by atoms with Crippen LogP contribution in [0.1, 0.15) is 11.1 Å². The van der Waals surface area contributed by atoms with Gasteiger partial charge in [-0.25, -0.2) is 0 Å². The van der Waals surface area contributed by atoms with Crippen LogP contribution in [0.5, 0.6) is 0 Å². The maximum absolute atomic E-state index is 6.19. The first-order chi connectivity index (χ1) is 9.63. The minimum Gasteiger partial charge on any atom is -0.383 e. The largest absolute Gasteiger partial charge is 0.383 e. The van der Waals surface area contributed by atoms with Gasteiger partial charge in [0.1, 0.15) is 0 Å². The highest BCUT2D eigenvalue weighted by molar-refractivity contribution is 9.10. The molecule has 4 heteroatoms. The van der Waals surface area contributed by atoms with Gasteiger partial charge in [-0.15, -0.1) is 11.8 Å². The molecule has 3 rings (SSSR count). The van der Waals surface area contributed by atoms with Crippen LogP contribution in [-0.2, 0) is 6.42 Å². The Morgan fingerprint density at radius 2 is 2.15 bits per heavy atom. The summed E-state index contributed by atoms with van der Waals surface area (Å²) in [5.74, 6) is 0. The van der Waals surface area contributed by atoms with Crippen LogP contribution in [0.15, 0.2) is 45.8 Å². The summed E-state index contributed by atoms with van der Waals surface area (Å²) in [6.07, 6.45) is 1.13. The lowest BCUT2D eigenvalue weighted by molar-refractivity contribution is 0.898. The van der Waals surface area contributed by atoms with E-state index in [-0.39, 0.29) is 0 Å². The lowest BCUT2D eigenvalue weighted by Gasteiger charge is -2.14. The lowest BCUT2D eigenvalue weighted by Crippen LogP contribution is -2.16. The van der Waals surface area contributed by atoms with Crippen molar-refractivity contribution in [2.24, 2.45) is 0 Å². The van der Waals surface area contributed by atoms with Crippen molar-refractivity contribution in [3.8, 4) is 0 Å². The number of nitrogens with one attached hydrogen (secondary N) is 1. The van der Waals surface area contributed by atoms with Gasteiger partial charge < -0.3 is 5.32 Å². The molecule has 1 nitrogen and oxygen atoms in total. The SMILES string of the molecule is Cc1cc(Br)c(NCC2Cc3ccccc3S2)cc1Cl. The van der Waals surface area contributed by atoms with E-state index < -0.39 is 0 Å². The molecule has 0 bridgehead atoms. The van der Waals surface area contributed by atoms with Crippen LogP contribution >= 0.6 is 39.3 Å². The smallest absolute Gasteiger partial charge is 0.0500 e. The summed E-state index contributed by atoms with van der Waals surface area (Å²) in [7, 11) is 0.